The van der Waals surface area contributed by atoms with Gasteiger partial charge >= 0.3 is 0 Å². The van der Waals surface area contributed by atoms with E-state index in [0.29, 0.717) is 23.0 Å². The molecule has 0 aliphatic heterocycles. The van der Waals surface area contributed by atoms with E-state index in [1.807, 2.05) is 0 Å². The van der Waals surface area contributed by atoms with E-state index < -0.39 is 5.91 Å². The van der Waals surface area contributed by atoms with Gasteiger partial charge in [-0.3, -0.25) is 14.4 Å². The van der Waals surface area contributed by atoms with Crippen molar-refractivity contribution in [3.63, 3.8) is 0 Å². The fourth-order valence-corrected chi connectivity index (χ4v) is 2.55. The number of para-hydroxylation sites is 1. The first-order valence-corrected chi connectivity index (χ1v) is 8.32. The molecule has 3 rings (SSSR count). The van der Waals surface area contributed by atoms with Crippen LogP contribution in [0.1, 0.15) is 20.7 Å². The molecule has 2 heterocycles. The van der Waals surface area contributed by atoms with E-state index in [-0.39, 0.29) is 22.6 Å². The van der Waals surface area contributed by atoms with Crippen molar-refractivity contribution in [2.24, 2.45) is 5.73 Å². The summed E-state index contributed by atoms with van der Waals surface area (Å²) in [5, 5.41) is 8.57. The van der Waals surface area contributed by atoms with Gasteiger partial charge in [0.25, 0.3) is 11.8 Å². The van der Waals surface area contributed by atoms with Crippen molar-refractivity contribution < 1.29 is 9.59 Å². The lowest BCUT2D eigenvalue weighted by Crippen LogP contribution is -2.20. The topological polar surface area (TPSA) is 142 Å². The summed E-state index contributed by atoms with van der Waals surface area (Å²) in [6, 6.07) is 12.9. The molecule has 0 unspecified atom stereocenters. The number of primary amides is 1. The van der Waals surface area contributed by atoms with Crippen LogP contribution in [-0.4, -0.2) is 28.8 Å². The normalized spacial score (nSPS) is 10.2. The lowest BCUT2D eigenvalue weighted by molar-refractivity contribution is 0.0962. The Morgan fingerprint density at radius 3 is 2.50 bits per heavy atom. The van der Waals surface area contributed by atoms with Crippen LogP contribution in [0.15, 0.2) is 59.5 Å². The SMILES string of the molecule is CNC(=O)c1cnc(Nc2cccc(=O)[nH]2)cc1Nc1ccccc1C(N)=O. The van der Waals surface area contributed by atoms with Gasteiger partial charge in [0.05, 0.1) is 22.5 Å². The number of hydrogen-bond acceptors (Lipinski definition) is 6. The molecule has 6 N–H and O–H groups in total. The molecule has 0 bridgehead atoms. The first kappa shape index (κ1) is 18.6. The predicted octanol–water partition coefficient (Wildman–Crippen LogP) is 1.72. The van der Waals surface area contributed by atoms with Crippen LogP contribution in [-0.2, 0) is 0 Å². The molecule has 1 aromatic carbocycles. The molecule has 9 heteroatoms. The molecular formula is C19H18N6O3. The summed E-state index contributed by atoms with van der Waals surface area (Å²) < 4.78 is 0. The third kappa shape index (κ3) is 4.15. The van der Waals surface area contributed by atoms with Gasteiger partial charge in [-0.05, 0) is 18.2 Å². The van der Waals surface area contributed by atoms with Crippen LogP contribution in [0, 0.1) is 0 Å². The second-order valence-electron chi connectivity index (χ2n) is 5.78. The second-order valence-corrected chi connectivity index (χ2v) is 5.78. The van der Waals surface area contributed by atoms with Crippen LogP contribution in [0.25, 0.3) is 0 Å². The van der Waals surface area contributed by atoms with Crippen molar-refractivity contribution in [3.05, 3.63) is 76.2 Å². The highest BCUT2D eigenvalue weighted by atomic mass is 16.2. The van der Waals surface area contributed by atoms with E-state index in [1.54, 1.807) is 42.5 Å². The molecule has 0 spiro atoms. The Labute approximate surface area is 160 Å². The molecule has 28 heavy (non-hydrogen) atoms. The lowest BCUT2D eigenvalue weighted by atomic mass is 10.1. The highest BCUT2D eigenvalue weighted by Gasteiger charge is 2.15. The molecule has 0 radical (unpaired) electrons. The number of H-pyrrole nitrogens is 1. The fourth-order valence-electron chi connectivity index (χ4n) is 2.55. The summed E-state index contributed by atoms with van der Waals surface area (Å²) >= 11 is 0. The number of anilines is 4. The van der Waals surface area contributed by atoms with Crippen molar-refractivity contribution in [1.82, 2.24) is 15.3 Å². The number of carbonyl (C=O) groups excluding carboxylic acids is 2. The fraction of sp³-hybridized carbons (Fsp3) is 0.0526. The summed E-state index contributed by atoms with van der Waals surface area (Å²) in [6.07, 6.45) is 1.39. The maximum Gasteiger partial charge on any atom is 0.254 e. The van der Waals surface area contributed by atoms with Gasteiger partial charge < -0.3 is 26.7 Å². The average Bonchev–Trinajstić information content (AvgIpc) is 2.68. The molecule has 0 aliphatic rings. The Morgan fingerprint density at radius 1 is 1.00 bits per heavy atom. The Bertz CT molecular complexity index is 1090. The molecule has 0 saturated carbocycles. The van der Waals surface area contributed by atoms with Crippen LogP contribution in [0.5, 0.6) is 0 Å². The summed E-state index contributed by atoms with van der Waals surface area (Å²) in [5.74, 6) is -0.130. The van der Waals surface area contributed by atoms with Crippen LogP contribution in [0.4, 0.5) is 23.0 Å². The van der Waals surface area contributed by atoms with Crippen molar-refractivity contribution >= 4 is 34.8 Å². The molecule has 142 valence electrons. The number of benzene rings is 1. The number of aromatic amines is 1. The van der Waals surface area contributed by atoms with E-state index in [4.69, 9.17) is 5.73 Å². The van der Waals surface area contributed by atoms with Crippen LogP contribution < -0.4 is 27.2 Å². The minimum atomic E-state index is -0.598. The minimum absolute atomic E-state index is 0.263. The summed E-state index contributed by atoms with van der Waals surface area (Å²) in [7, 11) is 1.50. The van der Waals surface area contributed by atoms with Gasteiger partial charge in [0.1, 0.15) is 11.6 Å². The number of rotatable bonds is 6. The van der Waals surface area contributed by atoms with E-state index in [9.17, 15) is 14.4 Å². The molecule has 0 aliphatic carbocycles. The largest absolute Gasteiger partial charge is 0.366 e. The summed E-state index contributed by atoms with van der Waals surface area (Å²) in [6.45, 7) is 0. The number of nitrogens with zero attached hydrogens (tertiary/aromatic N) is 1. The van der Waals surface area contributed by atoms with E-state index in [1.165, 1.54) is 19.3 Å². The number of carbonyl (C=O) groups is 2. The summed E-state index contributed by atoms with van der Waals surface area (Å²) in [4.78, 5) is 42.2. The maximum atomic E-state index is 12.2. The average molecular weight is 378 g/mol. The van der Waals surface area contributed by atoms with Crippen LogP contribution in [0.2, 0.25) is 0 Å². The van der Waals surface area contributed by atoms with Crippen LogP contribution in [0.3, 0.4) is 0 Å². The van der Waals surface area contributed by atoms with Crippen molar-refractivity contribution in [2.75, 3.05) is 17.7 Å². The molecular weight excluding hydrogens is 360 g/mol. The second kappa shape index (κ2) is 8.04. The molecule has 9 nitrogen and oxygen atoms in total. The number of pyridine rings is 2. The third-order valence-corrected chi connectivity index (χ3v) is 3.87. The quantitative estimate of drug-likeness (QED) is 0.442. The maximum absolute atomic E-state index is 12.2. The molecule has 3 aromatic rings. The highest BCUT2D eigenvalue weighted by molar-refractivity contribution is 6.03. The number of hydrogen-bond donors (Lipinski definition) is 5. The monoisotopic (exact) mass is 378 g/mol. The first-order valence-electron chi connectivity index (χ1n) is 8.32. The zero-order valence-electron chi connectivity index (χ0n) is 14.9. The zero-order valence-corrected chi connectivity index (χ0v) is 14.9. The summed E-state index contributed by atoms with van der Waals surface area (Å²) in [5.41, 5.74) is 6.57. The van der Waals surface area contributed by atoms with Gasteiger partial charge in [-0.15, -0.1) is 0 Å². The van der Waals surface area contributed by atoms with Crippen molar-refractivity contribution in [2.45, 2.75) is 0 Å². The minimum Gasteiger partial charge on any atom is -0.366 e. The van der Waals surface area contributed by atoms with E-state index >= 15 is 0 Å². The lowest BCUT2D eigenvalue weighted by Gasteiger charge is -2.15. The van der Waals surface area contributed by atoms with Crippen LogP contribution >= 0.6 is 0 Å². The molecule has 0 fully saturated rings. The molecule has 0 saturated heterocycles. The number of aromatic nitrogens is 2. The Kier molecular flexibility index (Phi) is 5.35. The van der Waals surface area contributed by atoms with E-state index in [2.05, 4.69) is 25.9 Å². The molecule has 2 amide bonds. The first-order chi connectivity index (χ1) is 13.5. The van der Waals surface area contributed by atoms with Gasteiger partial charge in [-0.25, -0.2) is 4.98 Å². The smallest absolute Gasteiger partial charge is 0.254 e. The van der Waals surface area contributed by atoms with Gasteiger partial charge in [0.15, 0.2) is 0 Å². The zero-order chi connectivity index (χ0) is 20.1. The van der Waals surface area contributed by atoms with Crippen molar-refractivity contribution in [1.29, 1.82) is 0 Å². The number of nitrogens with two attached hydrogens (primary N) is 1. The van der Waals surface area contributed by atoms with Crippen molar-refractivity contribution in [3.8, 4) is 0 Å². The Hall–Kier alpha value is -4.14. The Balaban J connectivity index is 2.01. The van der Waals surface area contributed by atoms with Gasteiger partial charge in [0.2, 0.25) is 5.56 Å². The standard InChI is InChI=1S/C19H18N6O3/c1-21-19(28)12-10-22-16(24-15-7-4-8-17(26)25-15)9-14(12)23-13-6-3-2-5-11(13)18(20)27/h2-10H,1H3,(H2,20,27)(H,21,28)(H3,22,23,24,25,26). The van der Waals surface area contributed by atoms with Gasteiger partial charge in [0, 0.05) is 25.4 Å². The Morgan fingerprint density at radius 2 is 1.79 bits per heavy atom. The number of amides is 2. The third-order valence-electron chi connectivity index (χ3n) is 3.87. The highest BCUT2D eigenvalue weighted by Crippen LogP contribution is 2.26. The molecule has 0 atom stereocenters. The predicted molar refractivity (Wildman–Crippen MR) is 106 cm³/mol. The number of nitrogens with one attached hydrogen (secondary N) is 4. The molecule has 2 aromatic heterocycles. The van der Waals surface area contributed by atoms with Gasteiger partial charge in [-0.1, -0.05) is 18.2 Å². The van der Waals surface area contributed by atoms with E-state index in [0.717, 1.165) is 0 Å². The van der Waals surface area contributed by atoms with Gasteiger partial charge in [-0.2, -0.15) is 0 Å².